The van der Waals surface area contributed by atoms with Crippen molar-refractivity contribution < 1.29 is 4.79 Å². The maximum atomic E-state index is 12.0. The second-order valence-corrected chi connectivity index (χ2v) is 4.08. The molecule has 0 aliphatic carbocycles. The number of nitrogen functional groups attached to an aromatic ring is 1. The Balaban J connectivity index is 3.01. The predicted molar refractivity (Wildman–Crippen MR) is 62.8 cm³/mol. The molecule has 2 N–H and O–H groups in total. The first-order valence-corrected chi connectivity index (χ1v) is 5.06. The highest BCUT2D eigenvalue weighted by Gasteiger charge is 2.15. The van der Waals surface area contributed by atoms with Crippen LogP contribution in [0.4, 0.5) is 5.69 Å². The Hall–Kier alpha value is -1.51. The lowest BCUT2D eigenvalue weighted by Gasteiger charge is -2.22. The van der Waals surface area contributed by atoms with E-state index in [1.807, 2.05) is 33.9 Å². The minimum atomic E-state index is 0.0440. The number of aryl methyl sites for hydroxylation is 1. The van der Waals surface area contributed by atoms with Gasteiger partial charge in [-0.05, 0) is 44.5 Å². The van der Waals surface area contributed by atoms with E-state index in [4.69, 9.17) is 5.73 Å². The summed E-state index contributed by atoms with van der Waals surface area (Å²) >= 11 is 0. The smallest absolute Gasteiger partial charge is 0.254 e. The Bertz CT molecular complexity index is 372. The molecule has 0 spiro atoms. The zero-order valence-corrected chi connectivity index (χ0v) is 9.74. The molecule has 0 saturated heterocycles. The van der Waals surface area contributed by atoms with Crippen LogP contribution in [-0.4, -0.2) is 23.9 Å². The molecule has 0 bridgehead atoms. The Kier molecular flexibility index (Phi) is 3.35. The number of carbonyl (C=O) groups is 1. The third-order valence-electron chi connectivity index (χ3n) is 2.58. The minimum absolute atomic E-state index is 0.0440. The molecule has 0 atom stereocenters. The lowest BCUT2D eigenvalue weighted by molar-refractivity contribution is 0.0754. The summed E-state index contributed by atoms with van der Waals surface area (Å²) in [5, 5.41) is 0. The van der Waals surface area contributed by atoms with Crippen LogP contribution >= 0.6 is 0 Å². The van der Waals surface area contributed by atoms with E-state index in [2.05, 4.69) is 0 Å². The maximum absolute atomic E-state index is 12.0. The fraction of sp³-hybridized carbons (Fsp3) is 0.417. The number of hydrogen-bond acceptors (Lipinski definition) is 2. The van der Waals surface area contributed by atoms with E-state index in [0.717, 1.165) is 11.1 Å². The Morgan fingerprint density at radius 2 is 2.00 bits per heavy atom. The number of amides is 1. The summed E-state index contributed by atoms with van der Waals surface area (Å²) in [6.07, 6.45) is 0. The lowest BCUT2D eigenvalue weighted by Crippen LogP contribution is -2.33. The van der Waals surface area contributed by atoms with Crippen molar-refractivity contribution >= 4 is 11.6 Å². The molecule has 0 fully saturated rings. The van der Waals surface area contributed by atoms with Gasteiger partial charge in [-0.3, -0.25) is 4.79 Å². The third kappa shape index (κ3) is 2.49. The Morgan fingerprint density at radius 3 is 2.47 bits per heavy atom. The highest BCUT2D eigenvalue weighted by atomic mass is 16.2. The molecule has 1 aromatic carbocycles. The second kappa shape index (κ2) is 4.34. The van der Waals surface area contributed by atoms with Gasteiger partial charge in [-0.1, -0.05) is 0 Å². The Morgan fingerprint density at radius 1 is 1.40 bits per heavy atom. The second-order valence-electron chi connectivity index (χ2n) is 4.08. The number of nitrogens with two attached hydrogens (primary N) is 1. The van der Waals surface area contributed by atoms with Gasteiger partial charge in [0.15, 0.2) is 0 Å². The topological polar surface area (TPSA) is 46.3 Å². The molecule has 0 aliphatic rings. The zero-order valence-electron chi connectivity index (χ0n) is 9.74. The first kappa shape index (κ1) is 11.6. The molecule has 3 nitrogen and oxygen atoms in total. The quantitative estimate of drug-likeness (QED) is 0.753. The van der Waals surface area contributed by atoms with Gasteiger partial charge in [-0.2, -0.15) is 0 Å². The van der Waals surface area contributed by atoms with E-state index >= 15 is 0 Å². The van der Waals surface area contributed by atoms with Crippen molar-refractivity contribution in [2.45, 2.75) is 26.8 Å². The highest BCUT2D eigenvalue weighted by Crippen LogP contribution is 2.15. The zero-order chi connectivity index (χ0) is 11.6. The fourth-order valence-electron chi connectivity index (χ4n) is 1.35. The van der Waals surface area contributed by atoms with Crippen LogP contribution < -0.4 is 5.73 Å². The minimum Gasteiger partial charge on any atom is -0.399 e. The summed E-state index contributed by atoms with van der Waals surface area (Å²) in [5.74, 6) is 0.0440. The molecular formula is C12H18N2O. The molecular weight excluding hydrogens is 188 g/mol. The van der Waals surface area contributed by atoms with Gasteiger partial charge in [-0.25, -0.2) is 0 Å². The number of anilines is 1. The van der Waals surface area contributed by atoms with Crippen LogP contribution in [0.3, 0.4) is 0 Å². The van der Waals surface area contributed by atoms with E-state index in [-0.39, 0.29) is 11.9 Å². The van der Waals surface area contributed by atoms with Gasteiger partial charge in [0, 0.05) is 24.3 Å². The van der Waals surface area contributed by atoms with Crippen molar-refractivity contribution in [1.82, 2.24) is 4.90 Å². The van der Waals surface area contributed by atoms with E-state index in [0.29, 0.717) is 5.69 Å². The standard InChI is InChI=1S/C12H18N2O/c1-8(2)14(4)12(15)11-6-5-10(13)7-9(11)3/h5-8H,13H2,1-4H3. The molecule has 0 aromatic heterocycles. The van der Waals surface area contributed by atoms with Crippen LogP contribution in [0.5, 0.6) is 0 Å². The van der Waals surface area contributed by atoms with Crippen molar-refractivity contribution in [3.05, 3.63) is 29.3 Å². The summed E-state index contributed by atoms with van der Waals surface area (Å²) in [6.45, 7) is 5.88. The molecule has 15 heavy (non-hydrogen) atoms. The molecule has 0 saturated carbocycles. The maximum Gasteiger partial charge on any atom is 0.254 e. The van der Waals surface area contributed by atoms with E-state index < -0.39 is 0 Å². The average Bonchev–Trinajstić information content (AvgIpc) is 2.15. The number of carbonyl (C=O) groups excluding carboxylic acids is 1. The normalized spacial score (nSPS) is 10.5. The van der Waals surface area contributed by atoms with Crippen LogP contribution in [0.15, 0.2) is 18.2 Å². The van der Waals surface area contributed by atoms with Crippen LogP contribution in [-0.2, 0) is 0 Å². The summed E-state index contributed by atoms with van der Waals surface area (Å²) in [4.78, 5) is 13.7. The molecule has 82 valence electrons. The first-order valence-electron chi connectivity index (χ1n) is 5.06. The summed E-state index contributed by atoms with van der Waals surface area (Å²) in [6, 6.07) is 5.57. The van der Waals surface area contributed by atoms with Gasteiger partial charge < -0.3 is 10.6 Å². The summed E-state index contributed by atoms with van der Waals surface area (Å²) in [7, 11) is 1.81. The number of nitrogens with zero attached hydrogens (tertiary/aromatic N) is 1. The third-order valence-corrected chi connectivity index (χ3v) is 2.58. The van der Waals surface area contributed by atoms with Gasteiger partial charge in [0.1, 0.15) is 0 Å². The predicted octanol–water partition coefficient (Wildman–Crippen LogP) is 2.06. The van der Waals surface area contributed by atoms with Crippen molar-refractivity contribution in [2.75, 3.05) is 12.8 Å². The van der Waals surface area contributed by atoms with Gasteiger partial charge in [0.05, 0.1) is 0 Å². The van der Waals surface area contributed by atoms with E-state index in [1.54, 1.807) is 17.0 Å². The lowest BCUT2D eigenvalue weighted by atomic mass is 10.1. The van der Waals surface area contributed by atoms with Crippen LogP contribution in [0.25, 0.3) is 0 Å². The molecule has 0 radical (unpaired) electrons. The van der Waals surface area contributed by atoms with Crippen molar-refractivity contribution in [3.63, 3.8) is 0 Å². The number of rotatable bonds is 2. The van der Waals surface area contributed by atoms with Crippen molar-refractivity contribution in [2.24, 2.45) is 0 Å². The Labute approximate surface area is 90.9 Å². The average molecular weight is 206 g/mol. The molecule has 1 amide bonds. The monoisotopic (exact) mass is 206 g/mol. The van der Waals surface area contributed by atoms with E-state index in [1.165, 1.54) is 0 Å². The SMILES string of the molecule is Cc1cc(N)ccc1C(=O)N(C)C(C)C. The van der Waals surface area contributed by atoms with Crippen LogP contribution in [0.1, 0.15) is 29.8 Å². The number of benzene rings is 1. The molecule has 3 heteroatoms. The number of hydrogen-bond donors (Lipinski definition) is 1. The molecule has 0 unspecified atom stereocenters. The van der Waals surface area contributed by atoms with Crippen LogP contribution in [0, 0.1) is 6.92 Å². The summed E-state index contributed by atoms with van der Waals surface area (Å²) in [5.41, 5.74) is 7.98. The molecule has 1 aromatic rings. The highest BCUT2D eigenvalue weighted by molar-refractivity contribution is 5.96. The molecule has 1 rings (SSSR count). The van der Waals surface area contributed by atoms with E-state index in [9.17, 15) is 4.79 Å². The fourth-order valence-corrected chi connectivity index (χ4v) is 1.35. The van der Waals surface area contributed by atoms with Crippen LogP contribution in [0.2, 0.25) is 0 Å². The van der Waals surface area contributed by atoms with Crippen molar-refractivity contribution in [3.8, 4) is 0 Å². The van der Waals surface area contributed by atoms with Gasteiger partial charge in [0.25, 0.3) is 5.91 Å². The molecule has 0 heterocycles. The van der Waals surface area contributed by atoms with Gasteiger partial charge in [0.2, 0.25) is 0 Å². The molecule has 0 aliphatic heterocycles. The first-order chi connectivity index (χ1) is 6.93. The summed E-state index contributed by atoms with van der Waals surface area (Å²) < 4.78 is 0. The van der Waals surface area contributed by atoms with Crippen molar-refractivity contribution in [1.29, 1.82) is 0 Å². The largest absolute Gasteiger partial charge is 0.399 e. The van der Waals surface area contributed by atoms with Gasteiger partial charge >= 0.3 is 0 Å². The van der Waals surface area contributed by atoms with Gasteiger partial charge in [-0.15, -0.1) is 0 Å².